The molecule has 0 spiro atoms. The van der Waals surface area contributed by atoms with Crippen molar-refractivity contribution >= 4 is 17.4 Å². The van der Waals surface area contributed by atoms with Gasteiger partial charge in [-0.25, -0.2) is 4.98 Å². The van der Waals surface area contributed by atoms with Gasteiger partial charge in [0.1, 0.15) is 6.54 Å². The number of hydrogen-bond acceptors (Lipinski definition) is 4. The highest BCUT2D eigenvalue weighted by Gasteiger charge is 2.30. The minimum Gasteiger partial charge on any atom is -0.325 e. The number of ketones is 1. The summed E-state index contributed by atoms with van der Waals surface area (Å²) in [5, 5.41) is 2.59. The van der Waals surface area contributed by atoms with Gasteiger partial charge in [0, 0.05) is 22.9 Å². The molecule has 0 radical (unpaired) electrons. The van der Waals surface area contributed by atoms with Crippen LogP contribution in [0, 0.1) is 0 Å². The van der Waals surface area contributed by atoms with Crippen LogP contribution in [0.1, 0.15) is 22.8 Å². The molecule has 3 aromatic rings. The zero-order valence-electron chi connectivity index (χ0n) is 15.7. The van der Waals surface area contributed by atoms with Crippen molar-refractivity contribution in [1.82, 2.24) is 9.55 Å². The van der Waals surface area contributed by atoms with Crippen LogP contribution in [0.5, 0.6) is 0 Å². The van der Waals surface area contributed by atoms with E-state index in [1.807, 2.05) is 0 Å². The number of nitrogens with one attached hydrogen (secondary N) is 1. The molecule has 1 N–H and O–H groups in total. The molecule has 6 nitrogen and oxygen atoms in total. The van der Waals surface area contributed by atoms with E-state index in [1.54, 1.807) is 18.2 Å². The molecule has 9 heteroatoms. The number of halogens is 3. The monoisotopic (exact) mass is 415 g/mol. The highest BCUT2D eigenvalue weighted by atomic mass is 19.4. The lowest BCUT2D eigenvalue weighted by Gasteiger charge is -2.09. The van der Waals surface area contributed by atoms with Crippen molar-refractivity contribution < 1.29 is 22.8 Å². The van der Waals surface area contributed by atoms with Gasteiger partial charge in [-0.1, -0.05) is 24.3 Å². The summed E-state index contributed by atoms with van der Waals surface area (Å²) in [5.74, 6) is -0.646. The molecule has 1 heterocycles. The van der Waals surface area contributed by atoms with Crippen molar-refractivity contribution in [2.24, 2.45) is 0 Å². The predicted octanol–water partition coefficient (Wildman–Crippen LogP) is 3.77. The van der Waals surface area contributed by atoms with E-state index in [0.717, 1.165) is 29.1 Å². The summed E-state index contributed by atoms with van der Waals surface area (Å²) >= 11 is 0. The Balaban J connectivity index is 1.72. The molecule has 3 rings (SSSR count). The number of alkyl halides is 3. The lowest BCUT2D eigenvalue weighted by Crippen LogP contribution is -2.27. The minimum absolute atomic E-state index is 0.148. The van der Waals surface area contributed by atoms with E-state index in [9.17, 15) is 27.6 Å². The van der Waals surface area contributed by atoms with Gasteiger partial charge in [0.25, 0.3) is 5.56 Å². The van der Waals surface area contributed by atoms with Gasteiger partial charge in [-0.2, -0.15) is 13.2 Å². The highest BCUT2D eigenvalue weighted by molar-refractivity contribution is 5.97. The largest absolute Gasteiger partial charge is 0.416 e. The predicted molar refractivity (Wildman–Crippen MR) is 104 cm³/mol. The maximum Gasteiger partial charge on any atom is 0.416 e. The van der Waals surface area contributed by atoms with Crippen LogP contribution in [0.3, 0.4) is 0 Å². The number of carbonyl (C=O) groups is 2. The van der Waals surface area contributed by atoms with E-state index in [2.05, 4.69) is 10.3 Å². The first kappa shape index (κ1) is 21.0. The first-order valence-electron chi connectivity index (χ1n) is 8.78. The number of amides is 1. The summed E-state index contributed by atoms with van der Waals surface area (Å²) in [7, 11) is 0. The average molecular weight is 415 g/mol. The van der Waals surface area contributed by atoms with Gasteiger partial charge < -0.3 is 5.32 Å². The Morgan fingerprint density at radius 1 is 1.07 bits per heavy atom. The molecule has 0 fully saturated rings. The molecule has 1 aromatic heterocycles. The molecule has 30 heavy (non-hydrogen) atoms. The number of aromatic nitrogens is 2. The topological polar surface area (TPSA) is 81.1 Å². The second-order valence-corrected chi connectivity index (χ2v) is 6.50. The molecule has 2 aromatic carbocycles. The van der Waals surface area contributed by atoms with E-state index < -0.39 is 23.2 Å². The fourth-order valence-electron chi connectivity index (χ4n) is 2.70. The van der Waals surface area contributed by atoms with Gasteiger partial charge in [-0.15, -0.1) is 0 Å². The third-order valence-electron chi connectivity index (χ3n) is 4.25. The van der Waals surface area contributed by atoms with Crippen LogP contribution in [-0.2, 0) is 17.5 Å². The number of anilines is 1. The van der Waals surface area contributed by atoms with E-state index in [4.69, 9.17) is 0 Å². The summed E-state index contributed by atoms with van der Waals surface area (Å²) in [6.45, 7) is 1.09. The Morgan fingerprint density at radius 2 is 1.77 bits per heavy atom. The van der Waals surface area contributed by atoms with Crippen molar-refractivity contribution in [3.8, 4) is 11.3 Å². The number of carbonyl (C=O) groups excluding carboxylic acids is 2. The number of Topliss-reactive ketones (excluding diaryl/α,β-unsaturated/α-hetero) is 1. The average Bonchev–Trinajstić information content (AvgIpc) is 2.69. The SMILES string of the molecule is CC(=O)c1cccc(NC(=O)Cn2cnc(-c3ccc(C(F)(F)F)cc3)cc2=O)c1. The third-order valence-corrected chi connectivity index (χ3v) is 4.25. The van der Waals surface area contributed by atoms with Crippen LogP contribution < -0.4 is 10.9 Å². The molecule has 0 aliphatic heterocycles. The first-order chi connectivity index (χ1) is 14.1. The van der Waals surface area contributed by atoms with Gasteiger partial charge in [-0.3, -0.25) is 19.0 Å². The van der Waals surface area contributed by atoms with Crippen LogP contribution in [0.25, 0.3) is 11.3 Å². The molecule has 0 atom stereocenters. The van der Waals surface area contributed by atoms with Crippen LogP contribution >= 0.6 is 0 Å². The van der Waals surface area contributed by atoms with Crippen molar-refractivity contribution in [1.29, 1.82) is 0 Å². The lowest BCUT2D eigenvalue weighted by molar-refractivity contribution is -0.137. The second-order valence-electron chi connectivity index (χ2n) is 6.50. The molecule has 0 aliphatic rings. The van der Waals surface area contributed by atoms with Crippen molar-refractivity contribution in [3.63, 3.8) is 0 Å². The van der Waals surface area contributed by atoms with E-state index >= 15 is 0 Å². The van der Waals surface area contributed by atoms with E-state index in [-0.39, 0.29) is 18.0 Å². The Hall–Kier alpha value is -3.75. The number of benzene rings is 2. The van der Waals surface area contributed by atoms with Crippen LogP contribution in [0.2, 0.25) is 0 Å². The smallest absolute Gasteiger partial charge is 0.325 e. The zero-order valence-corrected chi connectivity index (χ0v) is 15.7. The molecule has 0 saturated carbocycles. The van der Waals surface area contributed by atoms with E-state index in [0.29, 0.717) is 16.8 Å². The molecular formula is C21H16F3N3O3. The number of rotatable bonds is 5. The Labute approximate surface area is 169 Å². The van der Waals surface area contributed by atoms with Crippen LogP contribution in [0.4, 0.5) is 18.9 Å². The molecule has 1 amide bonds. The second kappa shape index (κ2) is 8.32. The fraction of sp³-hybridized carbons (Fsp3) is 0.143. The van der Waals surface area contributed by atoms with Gasteiger partial charge in [-0.05, 0) is 31.2 Å². The quantitative estimate of drug-likeness (QED) is 0.644. The lowest BCUT2D eigenvalue weighted by atomic mass is 10.1. The normalized spacial score (nSPS) is 11.2. The maximum absolute atomic E-state index is 12.7. The molecule has 0 unspecified atom stereocenters. The van der Waals surface area contributed by atoms with Gasteiger partial charge in [0.2, 0.25) is 5.91 Å². The van der Waals surface area contributed by atoms with Crippen LogP contribution in [-0.4, -0.2) is 21.2 Å². The highest BCUT2D eigenvalue weighted by Crippen LogP contribution is 2.30. The minimum atomic E-state index is -4.45. The number of nitrogens with zero attached hydrogens (tertiary/aromatic N) is 2. The number of hydrogen-bond donors (Lipinski definition) is 1. The Bertz CT molecular complexity index is 1150. The summed E-state index contributed by atoms with van der Waals surface area (Å²) in [5.41, 5.74) is 0.0533. The Kier molecular flexibility index (Phi) is 5.81. The zero-order chi connectivity index (χ0) is 21.9. The molecule has 154 valence electrons. The van der Waals surface area contributed by atoms with Gasteiger partial charge in [0.15, 0.2) is 5.78 Å². The summed E-state index contributed by atoms with van der Waals surface area (Å²) in [4.78, 5) is 40.0. The van der Waals surface area contributed by atoms with Crippen LogP contribution in [0.15, 0.2) is 65.7 Å². The standard InChI is InChI=1S/C21H16F3N3O3/c1-13(28)15-3-2-4-17(9-15)26-19(29)11-27-12-25-18(10-20(27)30)14-5-7-16(8-6-14)21(22,23)24/h2-10,12H,11H2,1H3,(H,26,29). The molecule has 0 saturated heterocycles. The summed E-state index contributed by atoms with van der Waals surface area (Å²) in [6, 6.07) is 11.8. The van der Waals surface area contributed by atoms with Gasteiger partial charge in [0.05, 0.1) is 17.6 Å². The molecule has 0 bridgehead atoms. The third kappa shape index (κ3) is 4.99. The Morgan fingerprint density at radius 3 is 2.37 bits per heavy atom. The van der Waals surface area contributed by atoms with Crippen molar-refractivity contribution in [2.75, 3.05) is 5.32 Å². The summed E-state index contributed by atoms with van der Waals surface area (Å²) in [6.07, 6.45) is -3.30. The fourth-order valence-corrected chi connectivity index (χ4v) is 2.70. The van der Waals surface area contributed by atoms with Crippen molar-refractivity contribution in [2.45, 2.75) is 19.6 Å². The van der Waals surface area contributed by atoms with Gasteiger partial charge >= 0.3 is 6.18 Å². The molecule has 0 aliphatic carbocycles. The van der Waals surface area contributed by atoms with Crippen molar-refractivity contribution in [3.05, 3.63) is 82.4 Å². The first-order valence-corrected chi connectivity index (χ1v) is 8.78. The summed E-state index contributed by atoms with van der Waals surface area (Å²) < 4.78 is 39.0. The maximum atomic E-state index is 12.7. The van der Waals surface area contributed by atoms with E-state index in [1.165, 1.54) is 25.1 Å². The molecular weight excluding hydrogens is 399 g/mol.